The average Bonchev–Trinajstić information content (AvgIpc) is 3.30. The number of thiazole rings is 1. The fourth-order valence-corrected chi connectivity index (χ4v) is 4.16. The van der Waals surface area contributed by atoms with E-state index in [9.17, 15) is 8.78 Å². The van der Waals surface area contributed by atoms with Gasteiger partial charge in [0.25, 0.3) is 0 Å². The lowest BCUT2D eigenvalue weighted by Gasteiger charge is -2.14. The van der Waals surface area contributed by atoms with Gasteiger partial charge in [0.15, 0.2) is 4.80 Å². The zero-order valence-corrected chi connectivity index (χ0v) is 15.9. The quantitative estimate of drug-likeness (QED) is 0.557. The van der Waals surface area contributed by atoms with Gasteiger partial charge in [0.1, 0.15) is 11.6 Å². The first kappa shape index (κ1) is 18.3. The van der Waals surface area contributed by atoms with E-state index < -0.39 is 5.82 Å². The minimum atomic E-state index is -0.501. The van der Waals surface area contributed by atoms with Crippen LogP contribution in [0.2, 0.25) is 5.02 Å². The Morgan fingerprint density at radius 3 is 2.70 bits per heavy atom. The Morgan fingerprint density at radius 1 is 1.19 bits per heavy atom. The molecule has 1 unspecified atom stereocenters. The molecule has 0 N–H and O–H groups in total. The van der Waals surface area contributed by atoms with Crippen molar-refractivity contribution in [3.63, 3.8) is 0 Å². The van der Waals surface area contributed by atoms with Crippen molar-refractivity contribution in [2.45, 2.75) is 25.5 Å². The van der Waals surface area contributed by atoms with Gasteiger partial charge in [0, 0.05) is 18.1 Å². The lowest BCUT2D eigenvalue weighted by molar-refractivity contribution is 0.0968. The van der Waals surface area contributed by atoms with Crippen molar-refractivity contribution in [1.82, 2.24) is 4.57 Å². The molecule has 0 spiro atoms. The van der Waals surface area contributed by atoms with Crippen LogP contribution in [0.5, 0.6) is 0 Å². The number of ether oxygens (including phenoxy) is 1. The van der Waals surface area contributed by atoms with Crippen LogP contribution in [0.15, 0.2) is 52.8 Å². The maximum Gasteiger partial charge on any atom is 0.190 e. The average molecular weight is 407 g/mol. The Labute approximate surface area is 164 Å². The molecule has 0 radical (unpaired) electrons. The smallest absolute Gasteiger partial charge is 0.190 e. The summed E-state index contributed by atoms with van der Waals surface area (Å²) < 4.78 is 34.9. The van der Waals surface area contributed by atoms with E-state index in [0.29, 0.717) is 12.2 Å². The third kappa shape index (κ3) is 4.13. The van der Waals surface area contributed by atoms with Gasteiger partial charge in [0.2, 0.25) is 0 Å². The fourth-order valence-electron chi connectivity index (χ4n) is 3.10. The summed E-state index contributed by atoms with van der Waals surface area (Å²) in [5.41, 5.74) is 2.32. The number of aromatic nitrogens is 1. The molecule has 3 aromatic rings. The second-order valence-corrected chi connectivity index (χ2v) is 7.61. The zero-order valence-electron chi connectivity index (χ0n) is 14.4. The normalized spacial score (nSPS) is 17.6. The molecule has 2 heterocycles. The number of hydrogen-bond donors (Lipinski definition) is 0. The Balaban J connectivity index is 1.79. The van der Waals surface area contributed by atoms with Gasteiger partial charge in [-0.15, -0.1) is 11.3 Å². The van der Waals surface area contributed by atoms with Gasteiger partial charge in [0.05, 0.1) is 29.1 Å². The van der Waals surface area contributed by atoms with Crippen LogP contribution >= 0.6 is 22.9 Å². The summed E-state index contributed by atoms with van der Waals surface area (Å²) in [6.07, 6.45) is 2.14. The van der Waals surface area contributed by atoms with E-state index in [1.807, 2.05) is 5.38 Å². The van der Waals surface area contributed by atoms with Crippen molar-refractivity contribution >= 4 is 28.6 Å². The van der Waals surface area contributed by atoms with E-state index >= 15 is 0 Å². The molecule has 1 atom stereocenters. The van der Waals surface area contributed by atoms with Crippen LogP contribution in [-0.2, 0) is 11.3 Å². The molecule has 2 aromatic carbocycles. The number of hydrogen-bond acceptors (Lipinski definition) is 3. The molecule has 0 aliphatic carbocycles. The van der Waals surface area contributed by atoms with Crippen LogP contribution in [0.3, 0.4) is 0 Å². The van der Waals surface area contributed by atoms with Crippen LogP contribution in [0.25, 0.3) is 11.3 Å². The van der Waals surface area contributed by atoms with Gasteiger partial charge in [-0.05, 0) is 54.8 Å². The Morgan fingerprint density at radius 2 is 2.00 bits per heavy atom. The maximum atomic E-state index is 13.8. The highest BCUT2D eigenvalue weighted by Crippen LogP contribution is 2.25. The molecule has 7 heteroatoms. The zero-order chi connectivity index (χ0) is 18.8. The van der Waals surface area contributed by atoms with Gasteiger partial charge in [-0.2, -0.15) is 0 Å². The van der Waals surface area contributed by atoms with Gasteiger partial charge in [-0.25, -0.2) is 13.8 Å². The van der Waals surface area contributed by atoms with E-state index in [4.69, 9.17) is 16.3 Å². The summed E-state index contributed by atoms with van der Waals surface area (Å²) >= 11 is 7.21. The number of nitrogens with zero attached hydrogens (tertiary/aromatic N) is 2. The highest BCUT2D eigenvalue weighted by molar-refractivity contribution is 7.07. The van der Waals surface area contributed by atoms with Crippen molar-refractivity contribution in [1.29, 1.82) is 0 Å². The molecule has 1 aliphatic rings. The second kappa shape index (κ2) is 7.92. The molecule has 1 aliphatic heterocycles. The van der Waals surface area contributed by atoms with Crippen molar-refractivity contribution < 1.29 is 13.5 Å². The van der Waals surface area contributed by atoms with E-state index in [2.05, 4.69) is 9.56 Å². The van der Waals surface area contributed by atoms with Crippen LogP contribution in [0.1, 0.15) is 12.8 Å². The largest absolute Gasteiger partial charge is 0.376 e. The standard InChI is InChI=1S/C20H17ClF2N2OS/c21-17-8-7-15(10-18(17)23)24-20-25(11-16-2-1-9-26-16)19(12-27-20)13-3-5-14(22)6-4-13/h3-8,10,12,16H,1-2,9,11H2. The van der Waals surface area contributed by atoms with Crippen molar-refractivity contribution in [3.05, 3.63) is 69.3 Å². The molecule has 0 bridgehead atoms. The maximum absolute atomic E-state index is 13.8. The van der Waals surface area contributed by atoms with Crippen LogP contribution in [0, 0.1) is 11.6 Å². The molecular formula is C20H17ClF2N2OS. The molecule has 3 nitrogen and oxygen atoms in total. The van der Waals surface area contributed by atoms with Crippen molar-refractivity contribution in [2.24, 2.45) is 4.99 Å². The SMILES string of the molecule is Fc1ccc(-c2csc(=Nc3ccc(Cl)c(F)c3)n2CC2CCCO2)cc1. The lowest BCUT2D eigenvalue weighted by atomic mass is 10.1. The lowest BCUT2D eigenvalue weighted by Crippen LogP contribution is -2.24. The number of rotatable bonds is 4. The van der Waals surface area contributed by atoms with Crippen LogP contribution in [0.4, 0.5) is 14.5 Å². The molecular weight excluding hydrogens is 390 g/mol. The summed E-state index contributed by atoms with van der Waals surface area (Å²) in [4.78, 5) is 5.33. The van der Waals surface area contributed by atoms with Gasteiger partial charge < -0.3 is 9.30 Å². The summed E-state index contributed by atoms with van der Waals surface area (Å²) in [6.45, 7) is 1.40. The molecule has 4 rings (SSSR count). The highest BCUT2D eigenvalue weighted by atomic mass is 35.5. The Hall–Kier alpha value is -2.02. The predicted molar refractivity (Wildman–Crippen MR) is 103 cm³/mol. The summed E-state index contributed by atoms with van der Waals surface area (Å²) in [5.74, 6) is -0.778. The van der Waals surface area contributed by atoms with Gasteiger partial charge in [-0.1, -0.05) is 11.6 Å². The van der Waals surface area contributed by atoms with Crippen LogP contribution in [-0.4, -0.2) is 17.3 Å². The number of halogens is 3. The summed E-state index contributed by atoms with van der Waals surface area (Å²) in [7, 11) is 0. The first-order valence-corrected chi connectivity index (χ1v) is 9.91. The fraction of sp³-hybridized carbons (Fsp3) is 0.250. The Bertz CT molecular complexity index is 1010. The van der Waals surface area contributed by atoms with Crippen LogP contribution < -0.4 is 4.80 Å². The summed E-state index contributed by atoms with van der Waals surface area (Å²) in [5, 5.41) is 2.05. The first-order valence-electron chi connectivity index (χ1n) is 8.66. The number of benzene rings is 2. The molecule has 0 saturated carbocycles. The first-order chi connectivity index (χ1) is 13.1. The highest BCUT2D eigenvalue weighted by Gasteiger charge is 2.19. The van der Waals surface area contributed by atoms with Gasteiger partial charge >= 0.3 is 0 Å². The third-order valence-electron chi connectivity index (χ3n) is 4.48. The Kier molecular flexibility index (Phi) is 5.38. The minimum Gasteiger partial charge on any atom is -0.376 e. The second-order valence-electron chi connectivity index (χ2n) is 6.37. The third-order valence-corrected chi connectivity index (χ3v) is 5.65. The minimum absolute atomic E-state index is 0.0689. The topological polar surface area (TPSA) is 26.5 Å². The van der Waals surface area contributed by atoms with E-state index in [-0.39, 0.29) is 16.9 Å². The molecule has 0 amide bonds. The van der Waals surface area contributed by atoms with Crippen molar-refractivity contribution in [2.75, 3.05) is 6.61 Å². The van der Waals surface area contributed by atoms with Crippen molar-refractivity contribution in [3.8, 4) is 11.3 Å². The van der Waals surface area contributed by atoms with E-state index in [1.54, 1.807) is 18.2 Å². The summed E-state index contributed by atoms with van der Waals surface area (Å²) in [6, 6.07) is 10.9. The molecule has 1 fully saturated rings. The van der Waals surface area contributed by atoms with E-state index in [0.717, 1.165) is 35.5 Å². The molecule has 1 saturated heterocycles. The molecule has 140 valence electrons. The van der Waals surface area contributed by atoms with Gasteiger partial charge in [-0.3, -0.25) is 0 Å². The molecule has 1 aromatic heterocycles. The monoisotopic (exact) mass is 406 g/mol. The van der Waals surface area contributed by atoms with E-state index in [1.165, 1.54) is 35.6 Å². The molecule has 27 heavy (non-hydrogen) atoms. The predicted octanol–water partition coefficient (Wildman–Crippen LogP) is 5.56.